The van der Waals surface area contributed by atoms with Gasteiger partial charge in [-0.1, -0.05) is 0 Å². The molecule has 0 spiro atoms. The van der Waals surface area contributed by atoms with E-state index in [1.807, 2.05) is 5.43 Å². The molecule has 0 saturated carbocycles. The van der Waals surface area contributed by atoms with Crippen LogP contribution in [-0.2, 0) is 0 Å². The minimum atomic E-state index is -1.04. The van der Waals surface area contributed by atoms with Crippen LogP contribution in [0.5, 0.6) is 5.75 Å². The second-order valence-electron chi connectivity index (χ2n) is 1.93. The monoisotopic (exact) mass is 160 g/mol. The molecule has 60 valence electrons. The van der Waals surface area contributed by atoms with Gasteiger partial charge in [-0.3, -0.25) is 5.84 Å². The Labute approximate surface area is 61.4 Å². The summed E-state index contributed by atoms with van der Waals surface area (Å²) in [7, 11) is 0. The van der Waals surface area contributed by atoms with Crippen molar-refractivity contribution in [2.24, 2.45) is 5.84 Å². The third-order valence-corrected chi connectivity index (χ3v) is 1.18. The average Bonchev–Trinajstić information content (AvgIpc) is 1.96. The Morgan fingerprint density at radius 1 is 1.36 bits per heavy atom. The molecule has 0 heterocycles. The van der Waals surface area contributed by atoms with Gasteiger partial charge in [-0.2, -0.15) is 0 Å². The molecule has 1 rings (SSSR count). The number of benzene rings is 1. The second-order valence-corrected chi connectivity index (χ2v) is 1.93. The van der Waals surface area contributed by atoms with E-state index < -0.39 is 17.4 Å². The zero-order chi connectivity index (χ0) is 8.43. The molecule has 0 aromatic heterocycles. The normalized spacial score (nSPS) is 9.73. The van der Waals surface area contributed by atoms with Gasteiger partial charge >= 0.3 is 0 Å². The Hall–Kier alpha value is -1.36. The van der Waals surface area contributed by atoms with Crippen molar-refractivity contribution in [3.8, 4) is 5.75 Å². The third kappa shape index (κ3) is 1.38. The van der Waals surface area contributed by atoms with E-state index in [0.717, 1.165) is 6.07 Å². The molecule has 0 bridgehead atoms. The van der Waals surface area contributed by atoms with E-state index in [-0.39, 0.29) is 5.69 Å². The van der Waals surface area contributed by atoms with Crippen LogP contribution in [0, 0.1) is 11.6 Å². The number of nitrogens with two attached hydrogens (primary N) is 1. The maximum Gasteiger partial charge on any atom is 0.176 e. The number of hydrogen-bond donors (Lipinski definition) is 3. The van der Waals surface area contributed by atoms with Gasteiger partial charge in [-0.15, -0.1) is 0 Å². The highest BCUT2D eigenvalue weighted by molar-refractivity contribution is 5.55. The Morgan fingerprint density at radius 3 is 2.55 bits per heavy atom. The van der Waals surface area contributed by atoms with E-state index in [0.29, 0.717) is 6.07 Å². The van der Waals surface area contributed by atoms with Crippen molar-refractivity contribution >= 4 is 5.69 Å². The number of hydrogen-bond acceptors (Lipinski definition) is 3. The van der Waals surface area contributed by atoms with E-state index in [4.69, 9.17) is 10.9 Å². The molecular weight excluding hydrogens is 154 g/mol. The number of halogens is 2. The molecule has 0 aliphatic heterocycles. The number of nitrogen functional groups attached to an aromatic ring is 1. The fourth-order valence-electron chi connectivity index (χ4n) is 0.676. The van der Waals surface area contributed by atoms with Crippen molar-refractivity contribution in [1.82, 2.24) is 0 Å². The fourth-order valence-corrected chi connectivity index (χ4v) is 0.676. The van der Waals surface area contributed by atoms with Crippen LogP contribution >= 0.6 is 0 Å². The predicted molar refractivity (Wildman–Crippen MR) is 35.8 cm³/mol. The Bertz CT molecular complexity index is 278. The average molecular weight is 160 g/mol. The Kier molecular flexibility index (Phi) is 1.91. The minimum absolute atomic E-state index is 0.178. The number of rotatable bonds is 1. The molecule has 0 unspecified atom stereocenters. The van der Waals surface area contributed by atoms with Crippen molar-refractivity contribution in [2.45, 2.75) is 0 Å². The van der Waals surface area contributed by atoms with Gasteiger partial charge in [0, 0.05) is 12.1 Å². The van der Waals surface area contributed by atoms with Gasteiger partial charge < -0.3 is 10.5 Å². The summed E-state index contributed by atoms with van der Waals surface area (Å²) >= 11 is 0. The van der Waals surface area contributed by atoms with Gasteiger partial charge in [0.1, 0.15) is 5.82 Å². The molecule has 0 aliphatic carbocycles. The van der Waals surface area contributed by atoms with Crippen LogP contribution in [0.4, 0.5) is 14.5 Å². The predicted octanol–water partition coefficient (Wildman–Crippen LogP) is 0.956. The zero-order valence-electron chi connectivity index (χ0n) is 5.44. The first-order chi connectivity index (χ1) is 5.15. The molecular formula is C6H6F2N2O. The summed E-state index contributed by atoms with van der Waals surface area (Å²) in [6.45, 7) is 0. The third-order valence-electron chi connectivity index (χ3n) is 1.18. The van der Waals surface area contributed by atoms with Gasteiger partial charge in [0.25, 0.3) is 0 Å². The van der Waals surface area contributed by atoms with Gasteiger partial charge in [-0.25, -0.2) is 8.78 Å². The standard InChI is InChI=1S/C6H6F2N2O/c7-3-1-4(8)6(11)5(2-3)10-9/h1-2,10-11H,9H2. The summed E-state index contributed by atoms with van der Waals surface area (Å²) in [4.78, 5) is 0. The molecule has 3 nitrogen and oxygen atoms in total. The van der Waals surface area contributed by atoms with Crippen molar-refractivity contribution in [3.05, 3.63) is 23.8 Å². The van der Waals surface area contributed by atoms with Crippen LogP contribution in [0.2, 0.25) is 0 Å². The minimum Gasteiger partial charge on any atom is -0.503 e. The molecule has 0 saturated heterocycles. The lowest BCUT2D eigenvalue weighted by molar-refractivity contribution is 0.430. The zero-order valence-corrected chi connectivity index (χ0v) is 5.44. The van der Waals surface area contributed by atoms with Crippen molar-refractivity contribution < 1.29 is 13.9 Å². The molecule has 0 atom stereocenters. The van der Waals surface area contributed by atoms with Gasteiger partial charge in [0.15, 0.2) is 11.6 Å². The van der Waals surface area contributed by atoms with E-state index >= 15 is 0 Å². The van der Waals surface area contributed by atoms with Crippen molar-refractivity contribution in [1.29, 1.82) is 0 Å². The molecule has 0 amide bonds. The van der Waals surface area contributed by atoms with E-state index in [1.165, 1.54) is 0 Å². The van der Waals surface area contributed by atoms with E-state index in [9.17, 15) is 8.78 Å². The quantitative estimate of drug-likeness (QED) is 0.325. The molecule has 4 N–H and O–H groups in total. The van der Waals surface area contributed by atoms with Crippen molar-refractivity contribution in [2.75, 3.05) is 5.43 Å². The molecule has 1 aromatic carbocycles. The fraction of sp³-hybridized carbons (Fsp3) is 0. The summed E-state index contributed by atoms with van der Waals surface area (Å²) < 4.78 is 24.8. The van der Waals surface area contributed by atoms with Crippen LogP contribution < -0.4 is 11.3 Å². The largest absolute Gasteiger partial charge is 0.503 e. The smallest absolute Gasteiger partial charge is 0.176 e. The number of hydrazine groups is 1. The highest BCUT2D eigenvalue weighted by Gasteiger charge is 2.07. The Balaban J connectivity index is 3.24. The first kappa shape index (κ1) is 7.74. The lowest BCUT2D eigenvalue weighted by Gasteiger charge is -2.03. The highest BCUT2D eigenvalue weighted by Crippen LogP contribution is 2.26. The van der Waals surface area contributed by atoms with Crippen LogP contribution in [-0.4, -0.2) is 5.11 Å². The van der Waals surface area contributed by atoms with Crippen LogP contribution in [0.3, 0.4) is 0 Å². The van der Waals surface area contributed by atoms with Crippen LogP contribution in [0.1, 0.15) is 0 Å². The SMILES string of the molecule is NNc1cc(F)cc(F)c1O. The number of aromatic hydroxyl groups is 1. The number of anilines is 1. The lowest BCUT2D eigenvalue weighted by Crippen LogP contribution is -2.07. The maximum atomic E-state index is 12.4. The molecule has 5 heteroatoms. The maximum absolute atomic E-state index is 12.4. The molecule has 0 radical (unpaired) electrons. The summed E-state index contributed by atoms with van der Waals surface area (Å²) in [5.74, 6) is 2.32. The molecule has 1 aromatic rings. The Morgan fingerprint density at radius 2 is 2.00 bits per heavy atom. The summed E-state index contributed by atoms with van der Waals surface area (Å²) in [5, 5.41) is 8.84. The number of phenols is 1. The second kappa shape index (κ2) is 2.71. The number of phenolic OH excluding ortho intramolecular Hbond substituents is 1. The molecule has 0 aliphatic rings. The first-order valence-corrected chi connectivity index (χ1v) is 2.79. The van der Waals surface area contributed by atoms with Crippen LogP contribution in [0.25, 0.3) is 0 Å². The molecule has 11 heavy (non-hydrogen) atoms. The summed E-state index contributed by atoms with van der Waals surface area (Å²) in [6.07, 6.45) is 0. The van der Waals surface area contributed by atoms with Gasteiger partial charge in [-0.05, 0) is 0 Å². The van der Waals surface area contributed by atoms with Gasteiger partial charge in [0.05, 0.1) is 5.69 Å². The molecule has 0 fully saturated rings. The van der Waals surface area contributed by atoms with E-state index in [2.05, 4.69) is 0 Å². The van der Waals surface area contributed by atoms with E-state index in [1.54, 1.807) is 0 Å². The highest BCUT2D eigenvalue weighted by atomic mass is 19.1. The number of nitrogens with one attached hydrogen (secondary N) is 1. The first-order valence-electron chi connectivity index (χ1n) is 2.79. The van der Waals surface area contributed by atoms with Gasteiger partial charge in [0.2, 0.25) is 0 Å². The summed E-state index contributed by atoms with van der Waals surface area (Å²) in [5.41, 5.74) is 1.77. The summed E-state index contributed by atoms with van der Waals surface area (Å²) in [6, 6.07) is 1.45. The van der Waals surface area contributed by atoms with Crippen molar-refractivity contribution in [3.63, 3.8) is 0 Å². The lowest BCUT2D eigenvalue weighted by atomic mass is 10.3. The van der Waals surface area contributed by atoms with Crippen LogP contribution in [0.15, 0.2) is 12.1 Å². The topological polar surface area (TPSA) is 58.3 Å².